The van der Waals surface area contributed by atoms with E-state index in [-0.39, 0.29) is 6.04 Å². The number of hydrogen-bond acceptors (Lipinski definition) is 8. The highest BCUT2D eigenvalue weighted by Crippen LogP contribution is 2.35. The van der Waals surface area contributed by atoms with E-state index in [0.29, 0.717) is 30.7 Å². The van der Waals surface area contributed by atoms with Gasteiger partial charge in [-0.3, -0.25) is 9.67 Å². The molecule has 0 fully saturated rings. The monoisotopic (exact) mass is 407 g/mol. The van der Waals surface area contributed by atoms with Crippen molar-refractivity contribution in [2.24, 2.45) is 0 Å². The van der Waals surface area contributed by atoms with Crippen LogP contribution in [0.5, 0.6) is 5.75 Å². The third-order valence-electron chi connectivity index (χ3n) is 4.67. The summed E-state index contributed by atoms with van der Waals surface area (Å²) in [4.78, 5) is 9.11. The number of aromatic nitrogens is 6. The average Bonchev–Trinajstić information content (AvgIpc) is 3.30. The molecule has 0 unspecified atom stereocenters. The zero-order valence-corrected chi connectivity index (χ0v) is 17.8. The first kappa shape index (κ1) is 19.8. The molecule has 9 nitrogen and oxygen atoms in total. The number of pyridine rings is 2. The van der Waals surface area contributed by atoms with Crippen molar-refractivity contribution in [2.45, 2.75) is 47.2 Å². The van der Waals surface area contributed by atoms with Crippen molar-refractivity contribution < 1.29 is 9.15 Å². The first-order valence-electron chi connectivity index (χ1n) is 9.97. The number of nitrogens with one attached hydrogen (secondary N) is 1. The van der Waals surface area contributed by atoms with E-state index >= 15 is 0 Å². The fraction of sp³-hybridized carbons (Fsp3) is 0.381. The molecule has 0 aliphatic heterocycles. The van der Waals surface area contributed by atoms with Crippen molar-refractivity contribution >= 4 is 16.7 Å². The average molecular weight is 407 g/mol. The van der Waals surface area contributed by atoms with Crippen molar-refractivity contribution in [3.05, 3.63) is 42.0 Å². The highest BCUT2D eigenvalue weighted by atomic mass is 16.5. The smallest absolute Gasteiger partial charge is 0.235 e. The van der Waals surface area contributed by atoms with Gasteiger partial charge in [-0.05, 0) is 39.8 Å². The van der Waals surface area contributed by atoms with Crippen LogP contribution in [0, 0.1) is 13.8 Å². The van der Waals surface area contributed by atoms with Crippen LogP contribution in [0.15, 0.2) is 28.9 Å². The minimum absolute atomic E-state index is 0.181. The molecule has 4 rings (SSSR count). The molecule has 0 saturated carbocycles. The Bertz CT molecular complexity index is 1180. The van der Waals surface area contributed by atoms with Crippen molar-refractivity contribution in [3.63, 3.8) is 0 Å². The van der Waals surface area contributed by atoms with Gasteiger partial charge in [-0.15, -0.1) is 10.2 Å². The first-order chi connectivity index (χ1) is 14.5. The summed E-state index contributed by atoms with van der Waals surface area (Å²) in [6.07, 6.45) is 3.45. The predicted octanol–water partition coefficient (Wildman–Crippen LogP) is 4.08. The Balaban J connectivity index is 1.86. The van der Waals surface area contributed by atoms with Crippen LogP contribution >= 0.6 is 0 Å². The summed E-state index contributed by atoms with van der Waals surface area (Å²) in [6.45, 7) is 10.8. The van der Waals surface area contributed by atoms with Crippen LogP contribution < -0.4 is 10.1 Å². The van der Waals surface area contributed by atoms with Crippen LogP contribution in [0.4, 0.5) is 5.69 Å². The highest BCUT2D eigenvalue weighted by Gasteiger charge is 2.19. The van der Waals surface area contributed by atoms with E-state index in [9.17, 15) is 0 Å². The molecule has 156 valence electrons. The SMILES string of the molecule is CCOc1cnccc1-c1cc(NCc2nnc(C)o2)c2c(n1)c(C)nn2C(C)C. The summed E-state index contributed by atoms with van der Waals surface area (Å²) in [5.41, 5.74) is 5.19. The summed E-state index contributed by atoms with van der Waals surface area (Å²) in [6, 6.07) is 4.09. The van der Waals surface area contributed by atoms with Gasteiger partial charge in [-0.1, -0.05) is 0 Å². The number of nitrogens with zero attached hydrogens (tertiary/aromatic N) is 6. The first-order valence-corrected chi connectivity index (χ1v) is 9.97. The maximum atomic E-state index is 5.77. The van der Waals surface area contributed by atoms with Gasteiger partial charge in [0.25, 0.3) is 0 Å². The lowest BCUT2D eigenvalue weighted by Gasteiger charge is -2.14. The molecule has 1 N–H and O–H groups in total. The van der Waals surface area contributed by atoms with Gasteiger partial charge in [0, 0.05) is 24.7 Å². The van der Waals surface area contributed by atoms with E-state index in [4.69, 9.17) is 19.2 Å². The molecular weight excluding hydrogens is 382 g/mol. The van der Waals surface area contributed by atoms with Gasteiger partial charge in [0.2, 0.25) is 11.8 Å². The van der Waals surface area contributed by atoms with E-state index in [0.717, 1.165) is 33.7 Å². The number of rotatable bonds is 7. The molecule has 4 aromatic heterocycles. The Morgan fingerprint density at radius 1 is 1.23 bits per heavy atom. The number of fused-ring (bicyclic) bond motifs is 1. The molecule has 30 heavy (non-hydrogen) atoms. The predicted molar refractivity (Wildman–Crippen MR) is 113 cm³/mol. The minimum Gasteiger partial charge on any atom is -0.492 e. The van der Waals surface area contributed by atoms with Gasteiger partial charge >= 0.3 is 0 Å². The van der Waals surface area contributed by atoms with E-state index in [1.54, 1.807) is 19.3 Å². The van der Waals surface area contributed by atoms with Crippen LogP contribution in [0.3, 0.4) is 0 Å². The molecule has 0 aliphatic rings. The zero-order valence-electron chi connectivity index (χ0n) is 17.8. The molecule has 0 spiro atoms. The van der Waals surface area contributed by atoms with Gasteiger partial charge in [0.15, 0.2) is 0 Å². The summed E-state index contributed by atoms with van der Waals surface area (Å²) < 4.78 is 13.3. The molecule has 9 heteroatoms. The molecule has 0 amide bonds. The summed E-state index contributed by atoms with van der Waals surface area (Å²) >= 11 is 0. The van der Waals surface area contributed by atoms with Crippen molar-refractivity contribution in [3.8, 4) is 17.0 Å². The number of aryl methyl sites for hydroxylation is 2. The second-order valence-corrected chi connectivity index (χ2v) is 7.25. The van der Waals surface area contributed by atoms with Crippen molar-refractivity contribution in [1.29, 1.82) is 0 Å². The molecule has 0 aromatic carbocycles. The fourth-order valence-electron chi connectivity index (χ4n) is 3.37. The van der Waals surface area contributed by atoms with Gasteiger partial charge in [0.05, 0.1) is 36.4 Å². The largest absolute Gasteiger partial charge is 0.492 e. The normalized spacial score (nSPS) is 11.4. The molecular formula is C21H25N7O2. The molecule has 4 aromatic rings. The molecule has 4 heterocycles. The third-order valence-corrected chi connectivity index (χ3v) is 4.67. The summed E-state index contributed by atoms with van der Waals surface area (Å²) in [7, 11) is 0. The molecule has 0 radical (unpaired) electrons. The third kappa shape index (κ3) is 3.70. The topological polar surface area (TPSA) is 104 Å². The molecule has 0 bridgehead atoms. The van der Waals surface area contributed by atoms with Gasteiger partial charge in [0.1, 0.15) is 16.8 Å². The van der Waals surface area contributed by atoms with Gasteiger partial charge < -0.3 is 14.5 Å². The van der Waals surface area contributed by atoms with Gasteiger partial charge in [-0.25, -0.2) is 4.98 Å². The Morgan fingerprint density at radius 3 is 2.77 bits per heavy atom. The summed E-state index contributed by atoms with van der Waals surface area (Å²) in [5.74, 6) is 1.75. The van der Waals surface area contributed by atoms with Crippen molar-refractivity contribution in [2.75, 3.05) is 11.9 Å². The van der Waals surface area contributed by atoms with Gasteiger partial charge in [-0.2, -0.15) is 5.10 Å². The van der Waals surface area contributed by atoms with Crippen LogP contribution in [0.2, 0.25) is 0 Å². The molecule has 0 saturated heterocycles. The van der Waals surface area contributed by atoms with Crippen LogP contribution in [0.1, 0.15) is 44.3 Å². The number of hydrogen-bond donors (Lipinski definition) is 1. The highest BCUT2D eigenvalue weighted by molar-refractivity contribution is 5.93. The van der Waals surface area contributed by atoms with Crippen LogP contribution in [-0.2, 0) is 6.54 Å². The van der Waals surface area contributed by atoms with Crippen LogP contribution in [0.25, 0.3) is 22.3 Å². The number of ether oxygens (including phenoxy) is 1. The molecule has 0 atom stereocenters. The summed E-state index contributed by atoms with van der Waals surface area (Å²) in [5, 5.41) is 16.1. The minimum atomic E-state index is 0.181. The van der Waals surface area contributed by atoms with E-state index in [1.165, 1.54) is 0 Å². The van der Waals surface area contributed by atoms with Crippen molar-refractivity contribution in [1.82, 2.24) is 29.9 Å². The maximum absolute atomic E-state index is 5.77. The zero-order chi connectivity index (χ0) is 21.3. The second-order valence-electron chi connectivity index (χ2n) is 7.25. The second kappa shape index (κ2) is 8.10. The lowest BCUT2D eigenvalue weighted by Crippen LogP contribution is -2.07. The van der Waals surface area contributed by atoms with E-state index in [1.807, 2.05) is 30.7 Å². The number of anilines is 1. The quantitative estimate of drug-likeness (QED) is 0.489. The Kier molecular flexibility index (Phi) is 5.35. The van der Waals surface area contributed by atoms with E-state index in [2.05, 4.69) is 34.3 Å². The van der Waals surface area contributed by atoms with E-state index < -0.39 is 0 Å². The Hall–Kier alpha value is -3.49. The lowest BCUT2D eigenvalue weighted by molar-refractivity contribution is 0.340. The fourth-order valence-corrected chi connectivity index (χ4v) is 3.37. The van der Waals surface area contributed by atoms with Crippen LogP contribution in [-0.4, -0.2) is 36.6 Å². The maximum Gasteiger partial charge on any atom is 0.235 e. The Labute approximate surface area is 174 Å². The molecule has 0 aliphatic carbocycles. The standard InChI is InChI=1S/C21H25N7O2/c1-6-29-18-10-22-8-7-15(18)16-9-17(23-11-19-26-25-14(5)30-19)21-20(24-16)13(4)27-28(21)12(2)3/h7-10,12H,6,11H2,1-5H3,(H,23,24). The lowest BCUT2D eigenvalue weighted by atomic mass is 10.1. The Morgan fingerprint density at radius 2 is 2.07 bits per heavy atom.